The lowest BCUT2D eigenvalue weighted by molar-refractivity contribution is 0.306. The lowest BCUT2D eigenvalue weighted by atomic mass is 10.2. The molecule has 3 aromatic rings. The smallest absolute Gasteiger partial charge is 0.119 e. The van der Waals surface area contributed by atoms with Gasteiger partial charge in [0.05, 0.1) is 0 Å². The second-order valence-corrected chi connectivity index (χ2v) is 7.33. The Morgan fingerprint density at radius 2 is 1.38 bits per heavy atom. The van der Waals surface area contributed by atoms with E-state index in [0.29, 0.717) is 33.2 Å². The Morgan fingerprint density at radius 1 is 0.769 bits per heavy atom. The highest BCUT2D eigenvalue weighted by molar-refractivity contribution is 6.36. The van der Waals surface area contributed by atoms with Gasteiger partial charge in [0.2, 0.25) is 0 Å². The SMILES string of the molecule is Clc1cc(Cl)cc(NCc2ccc(OCc3c(Cl)cccc3Cl)cc2)c1. The topological polar surface area (TPSA) is 21.3 Å². The van der Waals surface area contributed by atoms with Crippen LogP contribution in [-0.2, 0) is 13.2 Å². The van der Waals surface area contributed by atoms with Crippen LogP contribution in [0.5, 0.6) is 5.75 Å². The summed E-state index contributed by atoms with van der Waals surface area (Å²) in [5, 5.41) is 5.68. The summed E-state index contributed by atoms with van der Waals surface area (Å²) < 4.78 is 5.78. The van der Waals surface area contributed by atoms with Gasteiger partial charge in [0.25, 0.3) is 0 Å². The molecule has 0 aliphatic rings. The van der Waals surface area contributed by atoms with Crippen molar-refractivity contribution >= 4 is 52.1 Å². The summed E-state index contributed by atoms with van der Waals surface area (Å²) in [4.78, 5) is 0. The molecule has 3 aromatic carbocycles. The molecule has 6 heteroatoms. The number of nitrogens with one attached hydrogen (secondary N) is 1. The van der Waals surface area contributed by atoms with Gasteiger partial charge in [0.15, 0.2) is 0 Å². The summed E-state index contributed by atoms with van der Waals surface area (Å²) in [5.41, 5.74) is 2.75. The van der Waals surface area contributed by atoms with E-state index in [4.69, 9.17) is 51.1 Å². The van der Waals surface area contributed by atoms with E-state index in [-0.39, 0.29) is 0 Å². The molecule has 0 aromatic heterocycles. The van der Waals surface area contributed by atoms with E-state index in [1.807, 2.05) is 42.5 Å². The maximum atomic E-state index is 6.15. The van der Waals surface area contributed by atoms with Crippen molar-refractivity contribution in [3.63, 3.8) is 0 Å². The molecule has 0 atom stereocenters. The zero-order valence-corrected chi connectivity index (χ0v) is 16.6. The van der Waals surface area contributed by atoms with Gasteiger partial charge in [-0.1, -0.05) is 64.6 Å². The Hall–Kier alpha value is -1.58. The van der Waals surface area contributed by atoms with Crippen LogP contribution in [0.2, 0.25) is 20.1 Å². The number of anilines is 1. The summed E-state index contributed by atoms with van der Waals surface area (Å²) in [6.07, 6.45) is 0. The van der Waals surface area contributed by atoms with Gasteiger partial charge in [-0.15, -0.1) is 0 Å². The molecule has 0 amide bonds. The van der Waals surface area contributed by atoms with Gasteiger partial charge >= 0.3 is 0 Å². The van der Waals surface area contributed by atoms with Crippen LogP contribution in [0.15, 0.2) is 60.7 Å². The second-order valence-electron chi connectivity index (χ2n) is 5.64. The van der Waals surface area contributed by atoms with Gasteiger partial charge in [-0.2, -0.15) is 0 Å². The van der Waals surface area contributed by atoms with Crippen molar-refractivity contribution in [3.8, 4) is 5.75 Å². The van der Waals surface area contributed by atoms with Gasteiger partial charge in [0.1, 0.15) is 12.4 Å². The average molecular weight is 427 g/mol. The molecule has 0 aliphatic heterocycles. The third-order valence-electron chi connectivity index (χ3n) is 3.73. The minimum absolute atomic E-state index is 0.317. The van der Waals surface area contributed by atoms with E-state index in [1.165, 1.54) is 0 Å². The van der Waals surface area contributed by atoms with Crippen molar-refractivity contribution in [1.82, 2.24) is 0 Å². The highest BCUT2D eigenvalue weighted by Crippen LogP contribution is 2.26. The summed E-state index contributed by atoms with van der Waals surface area (Å²) in [6, 6.07) is 18.6. The molecule has 134 valence electrons. The molecule has 2 nitrogen and oxygen atoms in total. The molecule has 0 aliphatic carbocycles. The zero-order chi connectivity index (χ0) is 18.5. The highest BCUT2D eigenvalue weighted by atomic mass is 35.5. The predicted octanol–water partition coefficient (Wildman–Crippen LogP) is 7.49. The minimum Gasteiger partial charge on any atom is -0.489 e. The Bertz CT molecular complexity index is 856. The summed E-state index contributed by atoms with van der Waals surface area (Å²) in [5.74, 6) is 0.746. The van der Waals surface area contributed by atoms with Gasteiger partial charge < -0.3 is 10.1 Å². The molecule has 0 radical (unpaired) electrons. The van der Waals surface area contributed by atoms with Crippen molar-refractivity contribution in [2.45, 2.75) is 13.2 Å². The zero-order valence-electron chi connectivity index (χ0n) is 13.6. The van der Waals surface area contributed by atoms with Crippen LogP contribution in [0.3, 0.4) is 0 Å². The fourth-order valence-corrected chi connectivity index (χ4v) is 3.42. The van der Waals surface area contributed by atoms with Crippen LogP contribution in [0.25, 0.3) is 0 Å². The molecule has 0 spiro atoms. The molecule has 0 saturated carbocycles. The van der Waals surface area contributed by atoms with Crippen LogP contribution >= 0.6 is 46.4 Å². The molecule has 0 unspecified atom stereocenters. The lowest BCUT2D eigenvalue weighted by Gasteiger charge is -2.11. The van der Waals surface area contributed by atoms with E-state index in [1.54, 1.807) is 18.2 Å². The fraction of sp³-hybridized carbons (Fsp3) is 0.100. The Balaban J connectivity index is 1.58. The monoisotopic (exact) mass is 425 g/mol. The predicted molar refractivity (Wildman–Crippen MR) is 111 cm³/mol. The van der Waals surface area contributed by atoms with Crippen LogP contribution < -0.4 is 10.1 Å². The van der Waals surface area contributed by atoms with Crippen LogP contribution in [-0.4, -0.2) is 0 Å². The van der Waals surface area contributed by atoms with Crippen molar-refractivity contribution in [1.29, 1.82) is 0 Å². The maximum Gasteiger partial charge on any atom is 0.119 e. The Labute approximate surface area is 172 Å². The largest absolute Gasteiger partial charge is 0.489 e. The van der Waals surface area contributed by atoms with Gasteiger partial charge in [-0.25, -0.2) is 0 Å². The molecule has 0 saturated heterocycles. The highest BCUT2D eigenvalue weighted by Gasteiger charge is 2.06. The van der Waals surface area contributed by atoms with Crippen molar-refractivity contribution < 1.29 is 4.74 Å². The van der Waals surface area contributed by atoms with E-state index in [2.05, 4.69) is 5.32 Å². The molecular weight excluding hydrogens is 412 g/mol. The molecular formula is C20H15Cl4NO. The number of ether oxygens (including phenoxy) is 1. The van der Waals surface area contributed by atoms with Crippen LogP contribution in [0, 0.1) is 0 Å². The lowest BCUT2D eigenvalue weighted by Crippen LogP contribution is -2.00. The molecule has 3 rings (SSSR count). The first-order chi connectivity index (χ1) is 12.5. The van der Waals surface area contributed by atoms with Crippen molar-refractivity contribution in [3.05, 3.63) is 91.9 Å². The fourth-order valence-electron chi connectivity index (χ4n) is 2.39. The molecule has 0 heterocycles. The third kappa shape index (κ3) is 5.21. The van der Waals surface area contributed by atoms with Gasteiger partial charge in [-0.3, -0.25) is 0 Å². The number of hydrogen-bond donors (Lipinski definition) is 1. The van der Waals surface area contributed by atoms with E-state index in [9.17, 15) is 0 Å². The quantitative estimate of drug-likeness (QED) is 0.440. The number of benzene rings is 3. The number of halogens is 4. The molecule has 0 fully saturated rings. The van der Waals surface area contributed by atoms with E-state index < -0.39 is 0 Å². The van der Waals surface area contributed by atoms with Gasteiger partial charge in [0, 0.05) is 37.9 Å². The van der Waals surface area contributed by atoms with E-state index in [0.717, 1.165) is 22.6 Å². The van der Waals surface area contributed by atoms with Crippen molar-refractivity contribution in [2.24, 2.45) is 0 Å². The maximum absolute atomic E-state index is 6.15. The van der Waals surface area contributed by atoms with Crippen molar-refractivity contribution in [2.75, 3.05) is 5.32 Å². The molecule has 26 heavy (non-hydrogen) atoms. The first-order valence-electron chi connectivity index (χ1n) is 7.86. The molecule has 0 bridgehead atoms. The van der Waals surface area contributed by atoms with Crippen LogP contribution in [0.1, 0.15) is 11.1 Å². The number of rotatable bonds is 6. The number of hydrogen-bond acceptors (Lipinski definition) is 2. The van der Waals surface area contributed by atoms with E-state index >= 15 is 0 Å². The summed E-state index contributed by atoms with van der Waals surface area (Å²) in [6.45, 7) is 0.963. The average Bonchev–Trinajstić information content (AvgIpc) is 2.60. The third-order valence-corrected chi connectivity index (χ3v) is 4.87. The first-order valence-corrected chi connectivity index (χ1v) is 9.37. The molecule has 1 N–H and O–H groups in total. The Kier molecular flexibility index (Phi) is 6.55. The minimum atomic E-state index is 0.317. The van der Waals surface area contributed by atoms with Gasteiger partial charge in [-0.05, 0) is 48.0 Å². The standard InChI is InChI=1S/C20H15Cl4NO/c21-14-8-15(22)10-16(9-14)25-11-13-4-6-17(7-5-13)26-12-18-19(23)2-1-3-20(18)24/h1-10,25H,11-12H2. The summed E-state index contributed by atoms with van der Waals surface area (Å²) in [7, 11) is 0. The Morgan fingerprint density at radius 3 is 2.00 bits per heavy atom. The van der Waals surface area contributed by atoms with Crippen LogP contribution in [0.4, 0.5) is 5.69 Å². The summed E-state index contributed by atoms with van der Waals surface area (Å²) >= 11 is 24.3. The second kappa shape index (κ2) is 8.88. The first kappa shape index (κ1) is 19.2. The normalized spacial score (nSPS) is 10.6.